The second-order valence-electron chi connectivity index (χ2n) is 6.38. The van der Waals surface area contributed by atoms with Crippen LogP contribution in [0.3, 0.4) is 0 Å². The van der Waals surface area contributed by atoms with Crippen LogP contribution in [0.2, 0.25) is 0 Å². The molecule has 0 aliphatic carbocycles. The molecule has 3 heterocycles. The number of carbonyl (C=O) groups excluding carboxylic acids is 1. The molecule has 1 amide bonds. The number of nitrogens with zero attached hydrogens (tertiary/aromatic N) is 6. The maximum Gasteiger partial charge on any atom is 0.239 e. The Kier molecular flexibility index (Phi) is 5.44. The maximum atomic E-state index is 12.4. The highest BCUT2D eigenvalue weighted by molar-refractivity contribution is 5.91. The quantitative estimate of drug-likeness (QED) is 0.783. The second kappa shape index (κ2) is 7.75. The van der Waals surface area contributed by atoms with Gasteiger partial charge in [-0.2, -0.15) is 5.10 Å². The SMILES string of the molecule is CCCn1nccc1NC(=O)CN1C[C@@H](OC)[C@H](c2cn(C)nn2)C1. The van der Waals surface area contributed by atoms with Crippen molar-refractivity contribution >= 4 is 11.7 Å². The summed E-state index contributed by atoms with van der Waals surface area (Å²) in [5.41, 5.74) is 0.901. The van der Waals surface area contributed by atoms with Crippen LogP contribution in [0.4, 0.5) is 5.82 Å². The van der Waals surface area contributed by atoms with E-state index in [1.807, 2.05) is 24.0 Å². The smallest absolute Gasteiger partial charge is 0.239 e. The van der Waals surface area contributed by atoms with Gasteiger partial charge in [0, 0.05) is 52.0 Å². The minimum Gasteiger partial charge on any atom is -0.379 e. The second-order valence-corrected chi connectivity index (χ2v) is 6.38. The number of aryl methyl sites for hydroxylation is 2. The number of nitrogens with one attached hydrogen (secondary N) is 1. The van der Waals surface area contributed by atoms with Crippen molar-refractivity contribution in [3.05, 3.63) is 24.2 Å². The number of carbonyl (C=O) groups is 1. The Morgan fingerprint density at radius 2 is 2.28 bits per heavy atom. The van der Waals surface area contributed by atoms with Gasteiger partial charge in [-0.3, -0.25) is 14.4 Å². The summed E-state index contributed by atoms with van der Waals surface area (Å²) in [6.45, 7) is 4.59. The molecule has 2 aromatic rings. The molecule has 9 heteroatoms. The minimum absolute atomic E-state index is 0.00937. The summed E-state index contributed by atoms with van der Waals surface area (Å²) in [5, 5.41) is 15.4. The number of rotatable bonds is 7. The summed E-state index contributed by atoms with van der Waals surface area (Å²) in [6, 6.07) is 1.82. The van der Waals surface area contributed by atoms with E-state index in [4.69, 9.17) is 4.74 Å². The zero-order valence-electron chi connectivity index (χ0n) is 14.9. The maximum absolute atomic E-state index is 12.4. The Morgan fingerprint density at radius 3 is 2.96 bits per heavy atom. The lowest BCUT2D eigenvalue weighted by Crippen LogP contribution is -2.33. The molecule has 0 spiro atoms. The summed E-state index contributed by atoms with van der Waals surface area (Å²) in [6.07, 6.45) is 4.58. The Balaban J connectivity index is 1.59. The van der Waals surface area contributed by atoms with Crippen molar-refractivity contribution in [2.45, 2.75) is 31.9 Å². The molecule has 2 atom stereocenters. The van der Waals surface area contributed by atoms with Gasteiger partial charge in [-0.15, -0.1) is 5.10 Å². The molecule has 1 N–H and O–H groups in total. The largest absolute Gasteiger partial charge is 0.379 e. The molecule has 1 saturated heterocycles. The molecular weight excluding hydrogens is 322 g/mol. The van der Waals surface area contributed by atoms with Crippen molar-refractivity contribution in [1.82, 2.24) is 29.7 Å². The van der Waals surface area contributed by atoms with Gasteiger partial charge in [-0.05, 0) is 6.42 Å². The average molecular weight is 347 g/mol. The topological polar surface area (TPSA) is 90.1 Å². The average Bonchev–Trinajstić information content (AvgIpc) is 3.28. The molecule has 9 nitrogen and oxygen atoms in total. The summed E-state index contributed by atoms with van der Waals surface area (Å²) in [7, 11) is 3.54. The zero-order valence-corrected chi connectivity index (χ0v) is 14.9. The van der Waals surface area contributed by atoms with E-state index in [-0.39, 0.29) is 17.9 Å². The number of methoxy groups -OCH3 is 1. The van der Waals surface area contributed by atoms with Crippen LogP contribution in [0.15, 0.2) is 18.5 Å². The van der Waals surface area contributed by atoms with Crippen molar-refractivity contribution in [3.63, 3.8) is 0 Å². The molecule has 3 rings (SSSR count). The molecule has 0 saturated carbocycles. The van der Waals surface area contributed by atoms with Gasteiger partial charge in [-0.25, -0.2) is 4.68 Å². The number of hydrogen-bond acceptors (Lipinski definition) is 6. The van der Waals surface area contributed by atoms with E-state index in [2.05, 4.69) is 32.6 Å². The first-order chi connectivity index (χ1) is 12.1. The Hall–Kier alpha value is -2.26. The first-order valence-electron chi connectivity index (χ1n) is 8.53. The van der Waals surface area contributed by atoms with E-state index in [9.17, 15) is 4.79 Å². The molecule has 136 valence electrons. The lowest BCUT2D eigenvalue weighted by Gasteiger charge is -2.15. The van der Waals surface area contributed by atoms with Crippen LogP contribution in [0.1, 0.15) is 25.0 Å². The molecule has 25 heavy (non-hydrogen) atoms. The van der Waals surface area contributed by atoms with Gasteiger partial charge in [0.05, 0.1) is 24.5 Å². The molecule has 1 aliphatic heterocycles. The molecule has 2 aromatic heterocycles. The number of aromatic nitrogens is 5. The van der Waals surface area contributed by atoms with E-state index in [0.29, 0.717) is 13.1 Å². The zero-order chi connectivity index (χ0) is 17.8. The molecule has 0 aromatic carbocycles. The van der Waals surface area contributed by atoms with Crippen LogP contribution >= 0.6 is 0 Å². The van der Waals surface area contributed by atoms with Crippen molar-refractivity contribution in [2.75, 3.05) is 32.1 Å². The van der Waals surface area contributed by atoms with E-state index in [0.717, 1.165) is 31.0 Å². The monoisotopic (exact) mass is 347 g/mol. The Bertz CT molecular complexity index is 711. The number of hydrogen-bond donors (Lipinski definition) is 1. The van der Waals surface area contributed by atoms with Gasteiger partial charge in [-0.1, -0.05) is 12.1 Å². The summed E-state index contributed by atoms with van der Waals surface area (Å²) in [4.78, 5) is 14.5. The van der Waals surface area contributed by atoms with Crippen LogP contribution in [-0.4, -0.2) is 68.4 Å². The van der Waals surface area contributed by atoms with Crippen molar-refractivity contribution in [3.8, 4) is 0 Å². The highest BCUT2D eigenvalue weighted by atomic mass is 16.5. The van der Waals surface area contributed by atoms with E-state index in [1.165, 1.54) is 0 Å². The molecule has 0 radical (unpaired) electrons. The standard InChI is InChI=1S/C16H25N7O2/c1-4-7-23-15(5-6-17-23)18-16(24)11-22-8-12(14(10-22)25-3)13-9-21(2)20-19-13/h5-6,9,12,14H,4,7-8,10-11H2,1-3H3,(H,18,24)/t12-,14+/m0/s1. The van der Waals surface area contributed by atoms with Crippen LogP contribution in [0.5, 0.6) is 0 Å². The highest BCUT2D eigenvalue weighted by Gasteiger charge is 2.36. The van der Waals surface area contributed by atoms with Gasteiger partial charge in [0.15, 0.2) is 0 Å². The summed E-state index contributed by atoms with van der Waals surface area (Å²) >= 11 is 0. The third-order valence-electron chi connectivity index (χ3n) is 4.43. The van der Waals surface area contributed by atoms with Gasteiger partial charge in [0.1, 0.15) is 5.82 Å². The van der Waals surface area contributed by atoms with Gasteiger partial charge in [0.25, 0.3) is 0 Å². The third kappa shape index (κ3) is 4.05. The lowest BCUT2D eigenvalue weighted by molar-refractivity contribution is -0.117. The van der Waals surface area contributed by atoms with E-state index >= 15 is 0 Å². The van der Waals surface area contributed by atoms with Crippen molar-refractivity contribution < 1.29 is 9.53 Å². The van der Waals surface area contributed by atoms with Gasteiger partial charge < -0.3 is 10.1 Å². The van der Waals surface area contributed by atoms with Crippen molar-refractivity contribution in [2.24, 2.45) is 7.05 Å². The highest BCUT2D eigenvalue weighted by Crippen LogP contribution is 2.27. The van der Waals surface area contributed by atoms with Crippen molar-refractivity contribution in [1.29, 1.82) is 0 Å². The van der Waals surface area contributed by atoms with Crippen LogP contribution in [0.25, 0.3) is 0 Å². The fourth-order valence-electron chi connectivity index (χ4n) is 3.25. The fraction of sp³-hybridized carbons (Fsp3) is 0.625. The molecule has 1 aliphatic rings. The first kappa shape index (κ1) is 17.6. The minimum atomic E-state index is -0.0486. The Morgan fingerprint density at radius 1 is 1.44 bits per heavy atom. The lowest BCUT2D eigenvalue weighted by atomic mass is 10.0. The first-order valence-corrected chi connectivity index (χ1v) is 8.53. The van der Waals surface area contributed by atoms with E-state index in [1.54, 1.807) is 18.0 Å². The molecule has 0 unspecified atom stereocenters. The van der Waals surface area contributed by atoms with Gasteiger partial charge in [0.2, 0.25) is 5.91 Å². The number of amides is 1. The number of ether oxygens (including phenoxy) is 1. The number of likely N-dealkylation sites (tertiary alicyclic amines) is 1. The summed E-state index contributed by atoms with van der Waals surface area (Å²) < 4.78 is 9.09. The molecule has 0 bridgehead atoms. The normalized spacial score (nSPS) is 20.9. The van der Waals surface area contributed by atoms with E-state index < -0.39 is 0 Å². The van der Waals surface area contributed by atoms with Gasteiger partial charge >= 0.3 is 0 Å². The Labute approximate surface area is 146 Å². The predicted octanol–water partition coefficient (Wildman–Crippen LogP) is 0.475. The predicted molar refractivity (Wildman–Crippen MR) is 92.1 cm³/mol. The third-order valence-corrected chi connectivity index (χ3v) is 4.43. The van der Waals surface area contributed by atoms with Crippen LogP contribution in [0, 0.1) is 0 Å². The fourth-order valence-corrected chi connectivity index (χ4v) is 3.25. The number of anilines is 1. The molecular formula is C16H25N7O2. The van der Waals surface area contributed by atoms with Crippen LogP contribution < -0.4 is 5.32 Å². The van der Waals surface area contributed by atoms with Crippen LogP contribution in [-0.2, 0) is 23.1 Å². The molecule has 1 fully saturated rings. The summed E-state index contributed by atoms with van der Waals surface area (Å²) in [5.74, 6) is 0.810.